The maximum atomic E-state index is 12.9. The van der Waals surface area contributed by atoms with Crippen molar-refractivity contribution >= 4 is 28.6 Å². The Hall–Kier alpha value is -2.77. The second kappa shape index (κ2) is 7.69. The molecule has 0 unspecified atom stereocenters. The van der Waals surface area contributed by atoms with Crippen molar-refractivity contribution in [2.45, 2.75) is 20.4 Å². The lowest BCUT2D eigenvalue weighted by Gasteiger charge is -2.16. The second-order valence-electron chi connectivity index (χ2n) is 6.61. The van der Waals surface area contributed by atoms with Gasteiger partial charge in [-0.25, -0.2) is 9.67 Å². The van der Waals surface area contributed by atoms with Crippen LogP contribution in [-0.4, -0.2) is 32.6 Å². The van der Waals surface area contributed by atoms with Gasteiger partial charge in [0.15, 0.2) is 0 Å². The van der Waals surface area contributed by atoms with E-state index in [0.717, 1.165) is 33.2 Å². The number of hydrogen-bond acceptors (Lipinski definition) is 5. The van der Waals surface area contributed by atoms with E-state index >= 15 is 0 Å². The van der Waals surface area contributed by atoms with E-state index in [1.807, 2.05) is 78.1 Å². The number of rotatable bonds is 5. The normalized spacial score (nSPS) is 11.0. The molecule has 0 spiro atoms. The van der Waals surface area contributed by atoms with E-state index in [1.165, 1.54) is 11.3 Å². The third-order valence-corrected chi connectivity index (χ3v) is 6.25. The molecule has 28 heavy (non-hydrogen) atoms. The first-order chi connectivity index (χ1) is 13.5. The highest BCUT2D eigenvalue weighted by atomic mass is 32.1. The minimum atomic E-state index is -0.0796. The zero-order valence-corrected chi connectivity index (χ0v) is 17.5. The van der Waals surface area contributed by atoms with Gasteiger partial charge >= 0.3 is 0 Å². The molecule has 7 heteroatoms. The number of aryl methyl sites for hydroxylation is 1. The van der Waals surface area contributed by atoms with Crippen LogP contribution < -0.4 is 0 Å². The fraction of sp³-hybridized carbons (Fsp3) is 0.190. The van der Waals surface area contributed by atoms with Crippen molar-refractivity contribution in [3.63, 3.8) is 0 Å². The van der Waals surface area contributed by atoms with Crippen LogP contribution in [0.3, 0.4) is 0 Å². The van der Waals surface area contributed by atoms with E-state index in [0.29, 0.717) is 12.2 Å². The summed E-state index contributed by atoms with van der Waals surface area (Å²) < 4.78 is 1.93. The molecule has 4 aromatic rings. The summed E-state index contributed by atoms with van der Waals surface area (Å²) in [6.07, 6.45) is 0. The molecular weight excluding hydrogens is 388 g/mol. The Morgan fingerprint density at radius 1 is 1.14 bits per heavy atom. The fourth-order valence-corrected chi connectivity index (χ4v) is 4.63. The van der Waals surface area contributed by atoms with Crippen LogP contribution in [0.25, 0.3) is 16.3 Å². The van der Waals surface area contributed by atoms with Gasteiger partial charge in [-0.15, -0.1) is 11.3 Å². The predicted octanol–water partition coefficient (Wildman–Crippen LogP) is 4.95. The number of nitrogens with zero attached hydrogens (tertiary/aromatic N) is 4. The topological polar surface area (TPSA) is 51.0 Å². The highest BCUT2D eigenvalue weighted by molar-refractivity contribution is 7.14. The Kier molecular flexibility index (Phi) is 5.11. The molecule has 0 N–H and O–H groups in total. The molecular formula is C21H20N4OS2. The quantitative estimate of drug-likeness (QED) is 0.470. The van der Waals surface area contributed by atoms with Gasteiger partial charge in [-0.1, -0.05) is 18.2 Å². The Labute approximate surface area is 171 Å². The van der Waals surface area contributed by atoms with Crippen molar-refractivity contribution in [3.8, 4) is 16.3 Å². The van der Waals surface area contributed by atoms with Crippen molar-refractivity contribution in [2.75, 3.05) is 7.05 Å². The van der Waals surface area contributed by atoms with Crippen molar-refractivity contribution in [1.29, 1.82) is 0 Å². The SMILES string of the molecule is Cc1nn(-c2ccccc2)c(C)c1CN(C)C(=O)c1csc(-c2ccsc2)n1. The summed E-state index contributed by atoms with van der Waals surface area (Å²) in [6.45, 7) is 4.52. The van der Waals surface area contributed by atoms with Crippen LogP contribution in [-0.2, 0) is 6.54 Å². The maximum absolute atomic E-state index is 12.9. The van der Waals surface area contributed by atoms with E-state index in [2.05, 4.69) is 10.1 Å². The Morgan fingerprint density at radius 3 is 2.64 bits per heavy atom. The van der Waals surface area contributed by atoms with E-state index in [-0.39, 0.29) is 5.91 Å². The van der Waals surface area contributed by atoms with Crippen molar-refractivity contribution in [3.05, 3.63) is 75.2 Å². The van der Waals surface area contributed by atoms with E-state index in [9.17, 15) is 4.79 Å². The largest absolute Gasteiger partial charge is 0.336 e. The molecule has 0 bridgehead atoms. The molecule has 3 aromatic heterocycles. The van der Waals surface area contributed by atoms with Gasteiger partial charge in [0, 0.05) is 41.2 Å². The number of hydrogen-bond donors (Lipinski definition) is 0. The highest BCUT2D eigenvalue weighted by Crippen LogP contribution is 2.26. The minimum Gasteiger partial charge on any atom is -0.336 e. The molecule has 0 fully saturated rings. The summed E-state index contributed by atoms with van der Waals surface area (Å²) in [5.74, 6) is -0.0796. The highest BCUT2D eigenvalue weighted by Gasteiger charge is 2.20. The summed E-state index contributed by atoms with van der Waals surface area (Å²) in [6, 6.07) is 12.1. The number of carbonyl (C=O) groups is 1. The Balaban J connectivity index is 1.55. The number of thiazole rings is 1. The molecule has 5 nitrogen and oxygen atoms in total. The van der Waals surface area contributed by atoms with Gasteiger partial charge in [0.1, 0.15) is 10.7 Å². The summed E-state index contributed by atoms with van der Waals surface area (Å²) >= 11 is 3.12. The van der Waals surface area contributed by atoms with Gasteiger partial charge in [0.05, 0.1) is 11.4 Å². The molecule has 0 aliphatic heterocycles. The van der Waals surface area contributed by atoms with Gasteiger partial charge in [-0.05, 0) is 37.4 Å². The van der Waals surface area contributed by atoms with Crippen LogP contribution in [0.15, 0.2) is 52.5 Å². The predicted molar refractivity (Wildman–Crippen MR) is 114 cm³/mol. The van der Waals surface area contributed by atoms with Crippen LogP contribution >= 0.6 is 22.7 Å². The van der Waals surface area contributed by atoms with Gasteiger partial charge in [0.25, 0.3) is 5.91 Å². The molecule has 1 amide bonds. The standard InChI is InChI=1S/C21H20N4OS2/c1-14-18(15(2)25(23-14)17-7-5-4-6-8-17)11-24(3)21(26)19-13-28-20(22-19)16-9-10-27-12-16/h4-10,12-13H,11H2,1-3H3. The lowest BCUT2D eigenvalue weighted by atomic mass is 10.2. The first kappa shape index (κ1) is 18.6. The van der Waals surface area contributed by atoms with Gasteiger partial charge in [-0.3, -0.25) is 4.79 Å². The monoisotopic (exact) mass is 408 g/mol. The Bertz CT molecular complexity index is 1100. The number of benzene rings is 1. The number of thiophene rings is 1. The zero-order valence-electron chi connectivity index (χ0n) is 15.9. The van der Waals surface area contributed by atoms with Crippen LogP contribution in [0.4, 0.5) is 0 Å². The molecule has 0 aliphatic rings. The summed E-state index contributed by atoms with van der Waals surface area (Å²) in [7, 11) is 1.81. The Morgan fingerprint density at radius 2 is 1.93 bits per heavy atom. The molecule has 142 valence electrons. The van der Waals surface area contributed by atoms with Gasteiger partial charge in [-0.2, -0.15) is 16.4 Å². The number of carbonyl (C=O) groups excluding carboxylic acids is 1. The lowest BCUT2D eigenvalue weighted by molar-refractivity contribution is 0.0780. The van der Waals surface area contributed by atoms with E-state index in [1.54, 1.807) is 16.2 Å². The second-order valence-corrected chi connectivity index (χ2v) is 8.25. The van der Waals surface area contributed by atoms with Crippen LogP contribution in [0.1, 0.15) is 27.4 Å². The molecule has 3 heterocycles. The smallest absolute Gasteiger partial charge is 0.273 e. The van der Waals surface area contributed by atoms with Crippen molar-refractivity contribution in [1.82, 2.24) is 19.7 Å². The lowest BCUT2D eigenvalue weighted by Crippen LogP contribution is -2.27. The minimum absolute atomic E-state index is 0.0796. The third-order valence-electron chi connectivity index (χ3n) is 4.68. The van der Waals surface area contributed by atoms with E-state index < -0.39 is 0 Å². The summed E-state index contributed by atoms with van der Waals surface area (Å²) in [5, 5.41) is 11.4. The fourth-order valence-electron chi connectivity index (χ4n) is 3.12. The third kappa shape index (κ3) is 3.50. The van der Waals surface area contributed by atoms with Crippen LogP contribution in [0.5, 0.6) is 0 Å². The van der Waals surface area contributed by atoms with Crippen LogP contribution in [0.2, 0.25) is 0 Å². The average molecular weight is 409 g/mol. The molecule has 0 atom stereocenters. The molecule has 4 rings (SSSR count). The van der Waals surface area contributed by atoms with Crippen molar-refractivity contribution in [2.24, 2.45) is 0 Å². The number of para-hydroxylation sites is 1. The van der Waals surface area contributed by atoms with E-state index in [4.69, 9.17) is 0 Å². The number of amides is 1. The number of aromatic nitrogens is 3. The zero-order chi connectivity index (χ0) is 19.7. The first-order valence-corrected chi connectivity index (χ1v) is 10.7. The van der Waals surface area contributed by atoms with Crippen LogP contribution in [0, 0.1) is 13.8 Å². The summed E-state index contributed by atoms with van der Waals surface area (Å²) in [4.78, 5) is 19.1. The van der Waals surface area contributed by atoms with Gasteiger partial charge < -0.3 is 4.90 Å². The first-order valence-electron chi connectivity index (χ1n) is 8.88. The molecule has 0 saturated carbocycles. The average Bonchev–Trinajstić information content (AvgIpc) is 3.45. The molecule has 0 aliphatic carbocycles. The maximum Gasteiger partial charge on any atom is 0.273 e. The molecule has 1 aromatic carbocycles. The van der Waals surface area contributed by atoms with Crippen molar-refractivity contribution < 1.29 is 4.79 Å². The van der Waals surface area contributed by atoms with Gasteiger partial charge in [0.2, 0.25) is 0 Å². The summed E-state index contributed by atoms with van der Waals surface area (Å²) in [5.41, 5.74) is 5.60. The molecule has 0 radical (unpaired) electrons. The molecule has 0 saturated heterocycles.